The molecule has 0 amide bonds. The van der Waals surface area contributed by atoms with Crippen molar-refractivity contribution < 1.29 is 19.4 Å². The summed E-state index contributed by atoms with van der Waals surface area (Å²) >= 11 is 0. The second-order valence-corrected chi connectivity index (χ2v) is 4.80. The van der Waals surface area contributed by atoms with Crippen LogP contribution in [0.5, 0.6) is 5.75 Å². The lowest BCUT2D eigenvalue weighted by molar-refractivity contribution is -0.130. The molecule has 1 saturated heterocycles. The molecule has 1 unspecified atom stereocenters. The monoisotopic (exact) mass is 262 g/mol. The predicted octanol–water partition coefficient (Wildman–Crippen LogP) is 2.08. The van der Waals surface area contributed by atoms with Crippen LogP contribution in [0.25, 0.3) is 0 Å². The number of benzene rings is 1. The number of ether oxygens (including phenoxy) is 2. The number of rotatable bonds is 4. The fourth-order valence-electron chi connectivity index (χ4n) is 1.81. The number of aliphatic hydroxyl groups is 1. The van der Waals surface area contributed by atoms with Gasteiger partial charge in [-0.15, -0.1) is 0 Å². The van der Waals surface area contributed by atoms with Crippen LogP contribution >= 0.6 is 0 Å². The fourth-order valence-corrected chi connectivity index (χ4v) is 1.81. The molecule has 1 aliphatic heterocycles. The Bertz CT molecular complexity index is 527. The van der Waals surface area contributed by atoms with Crippen LogP contribution in [0, 0.1) is 6.92 Å². The molecule has 2 rings (SSSR count). The van der Waals surface area contributed by atoms with Crippen LogP contribution < -0.4 is 4.74 Å². The van der Waals surface area contributed by atoms with Gasteiger partial charge in [0.05, 0.1) is 13.2 Å². The number of carbonyl (C=O) groups excluding carboxylic acids is 1. The van der Waals surface area contributed by atoms with Gasteiger partial charge in [0.25, 0.3) is 0 Å². The van der Waals surface area contributed by atoms with Crippen LogP contribution in [0.1, 0.15) is 25.0 Å². The highest BCUT2D eigenvalue weighted by Gasteiger charge is 2.48. The van der Waals surface area contributed by atoms with E-state index in [2.05, 4.69) is 0 Å². The summed E-state index contributed by atoms with van der Waals surface area (Å²) in [5, 5.41) is 9.42. The van der Waals surface area contributed by atoms with Gasteiger partial charge in [-0.25, -0.2) is 4.79 Å². The van der Waals surface area contributed by atoms with Crippen LogP contribution in [0.2, 0.25) is 0 Å². The summed E-state index contributed by atoms with van der Waals surface area (Å²) in [5.74, 6) is 0.0702. The zero-order valence-corrected chi connectivity index (χ0v) is 11.4. The van der Waals surface area contributed by atoms with Gasteiger partial charge >= 0.3 is 5.97 Å². The molecular weight excluding hydrogens is 244 g/mol. The van der Waals surface area contributed by atoms with Crippen molar-refractivity contribution in [3.63, 3.8) is 0 Å². The smallest absolute Gasteiger partial charge is 0.338 e. The number of epoxide rings is 1. The van der Waals surface area contributed by atoms with Gasteiger partial charge in [0.2, 0.25) is 0 Å². The zero-order chi connectivity index (χ0) is 14.0. The third kappa shape index (κ3) is 2.69. The van der Waals surface area contributed by atoms with Crippen molar-refractivity contribution in [3.8, 4) is 5.75 Å². The molecule has 1 fully saturated rings. The van der Waals surface area contributed by atoms with E-state index in [1.165, 1.54) is 0 Å². The number of allylic oxidation sites excluding steroid dienone is 1. The average Bonchev–Trinajstić information content (AvgIpc) is 3.18. The van der Waals surface area contributed by atoms with Crippen molar-refractivity contribution in [2.24, 2.45) is 0 Å². The van der Waals surface area contributed by atoms with E-state index in [0.29, 0.717) is 17.9 Å². The average molecular weight is 262 g/mol. The highest BCUT2D eigenvalue weighted by atomic mass is 16.6. The number of aliphatic hydroxyl groups excluding tert-OH is 1. The standard InChI is InChI=1S/C15H18O4/c1-4-11(3)14(17)19-13-7-10(2)5-6-12(13)15(8-16)9-18-15/h4-7,16H,8-9H2,1-3H3/b11-4-. The lowest BCUT2D eigenvalue weighted by atomic mass is 9.98. The number of hydrogen-bond acceptors (Lipinski definition) is 4. The van der Waals surface area contributed by atoms with Gasteiger partial charge in [0, 0.05) is 11.1 Å². The molecule has 0 radical (unpaired) electrons. The molecule has 0 spiro atoms. The van der Waals surface area contributed by atoms with Crippen LogP contribution in [0.4, 0.5) is 0 Å². The van der Waals surface area contributed by atoms with Gasteiger partial charge in [-0.3, -0.25) is 0 Å². The third-order valence-electron chi connectivity index (χ3n) is 3.33. The second kappa shape index (κ2) is 5.15. The van der Waals surface area contributed by atoms with E-state index in [0.717, 1.165) is 11.1 Å². The van der Waals surface area contributed by atoms with E-state index in [-0.39, 0.29) is 12.6 Å². The molecule has 0 bridgehead atoms. The number of hydrogen-bond donors (Lipinski definition) is 1. The largest absolute Gasteiger partial charge is 0.423 e. The Labute approximate surface area is 112 Å². The molecule has 4 nitrogen and oxygen atoms in total. The summed E-state index contributed by atoms with van der Waals surface area (Å²) in [6.45, 7) is 5.73. The highest BCUT2D eigenvalue weighted by Crippen LogP contribution is 2.43. The number of carbonyl (C=O) groups is 1. The molecule has 1 aliphatic rings. The highest BCUT2D eigenvalue weighted by molar-refractivity contribution is 5.89. The molecule has 0 saturated carbocycles. The SMILES string of the molecule is C/C=C(/C)C(=O)Oc1cc(C)ccc1C1(CO)CO1. The maximum absolute atomic E-state index is 11.8. The Kier molecular flexibility index (Phi) is 3.73. The Morgan fingerprint density at radius 2 is 2.26 bits per heavy atom. The first-order valence-corrected chi connectivity index (χ1v) is 6.23. The van der Waals surface area contributed by atoms with Crippen LogP contribution in [-0.2, 0) is 15.1 Å². The van der Waals surface area contributed by atoms with Crippen molar-refractivity contribution in [3.05, 3.63) is 41.0 Å². The molecule has 1 atom stereocenters. The summed E-state index contributed by atoms with van der Waals surface area (Å²) in [4.78, 5) is 11.8. The van der Waals surface area contributed by atoms with Crippen molar-refractivity contribution in [1.82, 2.24) is 0 Å². The van der Waals surface area contributed by atoms with Crippen LogP contribution in [0.3, 0.4) is 0 Å². The van der Waals surface area contributed by atoms with Gasteiger partial charge in [-0.2, -0.15) is 0 Å². The molecular formula is C15H18O4. The van der Waals surface area contributed by atoms with E-state index < -0.39 is 5.60 Å². The minimum absolute atomic E-state index is 0.122. The van der Waals surface area contributed by atoms with Crippen molar-refractivity contribution in [2.45, 2.75) is 26.4 Å². The molecule has 1 aromatic rings. The summed E-state index contributed by atoms with van der Waals surface area (Å²) in [7, 11) is 0. The van der Waals surface area contributed by atoms with Crippen LogP contribution in [0.15, 0.2) is 29.8 Å². The Morgan fingerprint density at radius 3 is 2.79 bits per heavy atom. The normalized spacial score (nSPS) is 22.2. The molecule has 19 heavy (non-hydrogen) atoms. The molecule has 1 aromatic carbocycles. The van der Waals surface area contributed by atoms with E-state index in [4.69, 9.17) is 9.47 Å². The van der Waals surface area contributed by atoms with Crippen molar-refractivity contribution in [1.29, 1.82) is 0 Å². The molecule has 1 N–H and O–H groups in total. The first-order chi connectivity index (χ1) is 9.02. The van der Waals surface area contributed by atoms with E-state index in [1.54, 1.807) is 26.0 Å². The Balaban J connectivity index is 2.34. The lowest BCUT2D eigenvalue weighted by Gasteiger charge is -2.15. The van der Waals surface area contributed by atoms with Crippen LogP contribution in [-0.4, -0.2) is 24.3 Å². The summed E-state index contributed by atoms with van der Waals surface area (Å²) < 4.78 is 10.7. The topological polar surface area (TPSA) is 59.1 Å². The summed E-state index contributed by atoms with van der Waals surface area (Å²) in [5.41, 5.74) is 1.55. The summed E-state index contributed by atoms with van der Waals surface area (Å²) in [6, 6.07) is 5.54. The lowest BCUT2D eigenvalue weighted by Crippen LogP contribution is -2.18. The van der Waals surface area contributed by atoms with Gasteiger partial charge in [-0.05, 0) is 32.4 Å². The fraction of sp³-hybridized carbons (Fsp3) is 0.400. The first-order valence-electron chi connectivity index (χ1n) is 6.23. The second-order valence-electron chi connectivity index (χ2n) is 4.80. The molecule has 102 valence electrons. The van der Waals surface area contributed by atoms with E-state index in [9.17, 15) is 9.90 Å². The maximum Gasteiger partial charge on any atom is 0.338 e. The van der Waals surface area contributed by atoms with Gasteiger partial charge in [0.1, 0.15) is 11.4 Å². The van der Waals surface area contributed by atoms with Crippen molar-refractivity contribution in [2.75, 3.05) is 13.2 Å². The van der Waals surface area contributed by atoms with Crippen molar-refractivity contribution >= 4 is 5.97 Å². The number of aryl methyl sites for hydroxylation is 1. The van der Waals surface area contributed by atoms with Gasteiger partial charge in [-0.1, -0.05) is 18.2 Å². The zero-order valence-electron chi connectivity index (χ0n) is 11.4. The Hall–Kier alpha value is -1.65. The maximum atomic E-state index is 11.8. The Morgan fingerprint density at radius 1 is 1.58 bits per heavy atom. The minimum atomic E-state index is -0.701. The number of esters is 1. The van der Waals surface area contributed by atoms with E-state index in [1.807, 2.05) is 19.1 Å². The molecule has 4 heteroatoms. The molecule has 0 aliphatic carbocycles. The first kappa shape index (κ1) is 13.8. The predicted molar refractivity (Wildman–Crippen MR) is 71.0 cm³/mol. The van der Waals surface area contributed by atoms with Gasteiger partial charge < -0.3 is 14.6 Å². The van der Waals surface area contributed by atoms with E-state index >= 15 is 0 Å². The van der Waals surface area contributed by atoms with Gasteiger partial charge in [0.15, 0.2) is 0 Å². The molecule has 0 aromatic heterocycles. The summed E-state index contributed by atoms with van der Waals surface area (Å²) in [6.07, 6.45) is 1.70. The molecule has 1 heterocycles. The minimum Gasteiger partial charge on any atom is -0.423 e. The quantitative estimate of drug-likeness (QED) is 0.390. The third-order valence-corrected chi connectivity index (χ3v) is 3.33.